The molecule has 11 heteroatoms. The fourth-order valence-corrected chi connectivity index (χ4v) is 7.49. The Hall–Kier alpha value is -5.19. The topological polar surface area (TPSA) is 114 Å². The highest BCUT2D eigenvalue weighted by Crippen LogP contribution is 2.45. The smallest absolute Gasteiger partial charge is 0.259 e. The summed E-state index contributed by atoms with van der Waals surface area (Å²) in [6.45, 7) is 1.79. The molecule has 2 aromatic carbocycles. The lowest BCUT2D eigenvalue weighted by Gasteiger charge is -2.42. The highest BCUT2D eigenvalue weighted by atomic mass is 16.5. The van der Waals surface area contributed by atoms with E-state index in [1.165, 1.54) is 0 Å². The summed E-state index contributed by atoms with van der Waals surface area (Å²) in [5.41, 5.74) is 5.05. The summed E-state index contributed by atoms with van der Waals surface area (Å²) < 4.78 is 13.5. The van der Waals surface area contributed by atoms with Crippen molar-refractivity contribution >= 4 is 39.8 Å². The average molecular weight is 664 g/mol. The van der Waals surface area contributed by atoms with Crippen LogP contribution in [0.4, 0.5) is 11.5 Å². The van der Waals surface area contributed by atoms with Gasteiger partial charge in [-0.25, -0.2) is 4.98 Å². The Morgan fingerprint density at radius 2 is 1.61 bits per heavy atom. The van der Waals surface area contributed by atoms with Gasteiger partial charge in [0.25, 0.3) is 11.5 Å². The molecule has 1 saturated carbocycles. The number of aryl methyl sites for hydroxylation is 1. The van der Waals surface area contributed by atoms with Crippen LogP contribution >= 0.6 is 0 Å². The van der Waals surface area contributed by atoms with Crippen molar-refractivity contribution in [2.24, 2.45) is 7.05 Å². The molecule has 254 valence electrons. The molecule has 1 saturated heterocycles. The summed E-state index contributed by atoms with van der Waals surface area (Å²) in [4.78, 5) is 61.9. The third kappa shape index (κ3) is 5.70. The number of aromatic nitrogens is 2. The summed E-state index contributed by atoms with van der Waals surface area (Å²) in [5, 5.41) is 1.33. The SMILES string of the molecule is COc1cc(-c2cn(C)c(=O)c3cnc(N(C)C)cc23)cc(OC)c1C1CN(c2ccc3c(c2)C(=O)N(C2CCC(=O)CCCC2=O)C3)C1. The highest BCUT2D eigenvalue weighted by Gasteiger charge is 2.39. The summed E-state index contributed by atoms with van der Waals surface area (Å²) in [5.74, 6) is 2.33. The number of hydrogen-bond acceptors (Lipinski definition) is 9. The number of rotatable bonds is 7. The summed E-state index contributed by atoms with van der Waals surface area (Å²) in [7, 11) is 8.87. The van der Waals surface area contributed by atoms with E-state index in [1.807, 2.05) is 61.6 Å². The van der Waals surface area contributed by atoms with E-state index in [0.717, 1.165) is 39.1 Å². The van der Waals surface area contributed by atoms with Gasteiger partial charge < -0.3 is 28.7 Å². The monoisotopic (exact) mass is 663 g/mol. The molecule has 1 atom stereocenters. The van der Waals surface area contributed by atoms with Gasteiger partial charge in [-0.2, -0.15) is 0 Å². The van der Waals surface area contributed by atoms with Crippen molar-refractivity contribution in [3.05, 3.63) is 75.8 Å². The lowest BCUT2D eigenvalue weighted by Crippen LogP contribution is -2.45. The van der Waals surface area contributed by atoms with Crippen molar-refractivity contribution in [1.82, 2.24) is 14.5 Å². The molecule has 0 radical (unpaired) electrons. The summed E-state index contributed by atoms with van der Waals surface area (Å²) >= 11 is 0. The number of nitrogens with zero attached hydrogens (tertiary/aromatic N) is 5. The zero-order valence-electron chi connectivity index (χ0n) is 28.6. The number of amides is 1. The highest BCUT2D eigenvalue weighted by molar-refractivity contribution is 6.02. The number of benzene rings is 2. The van der Waals surface area contributed by atoms with Gasteiger partial charge in [0.05, 0.1) is 25.6 Å². The molecule has 0 spiro atoms. The van der Waals surface area contributed by atoms with Gasteiger partial charge in [-0.1, -0.05) is 6.07 Å². The zero-order valence-corrected chi connectivity index (χ0v) is 28.6. The molecule has 11 nitrogen and oxygen atoms in total. The first kappa shape index (κ1) is 32.4. The van der Waals surface area contributed by atoms with Crippen LogP contribution in [-0.4, -0.2) is 79.4 Å². The minimum absolute atomic E-state index is 0.0493. The number of hydrogen-bond donors (Lipinski definition) is 0. The number of carbonyl (C=O) groups is 3. The van der Waals surface area contributed by atoms with Crippen molar-refractivity contribution in [1.29, 1.82) is 0 Å². The number of anilines is 2. The van der Waals surface area contributed by atoms with Crippen LogP contribution in [0.2, 0.25) is 0 Å². The summed E-state index contributed by atoms with van der Waals surface area (Å²) in [6.07, 6.45) is 5.53. The normalized spacial score (nSPS) is 18.3. The van der Waals surface area contributed by atoms with E-state index in [1.54, 1.807) is 36.9 Å². The number of carbonyl (C=O) groups excluding carboxylic acids is 3. The van der Waals surface area contributed by atoms with Crippen LogP contribution in [0.5, 0.6) is 11.5 Å². The summed E-state index contributed by atoms with van der Waals surface area (Å²) in [6, 6.07) is 11.3. The van der Waals surface area contributed by atoms with E-state index < -0.39 is 6.04 Å². The van der Waals surface area contributed by atoms with Gasteiger partial charge in [0.2, 0.25) is 0 Å². The van der Waals surface area contributed by atoms with Gasteiger partial charge >= 0.3 is 0 Å². The van der Waals surface area contributed by atoms with Crippen LogP contribution in [0.25, 0.3) is 21.9 Å². The molecule has 49 heavy (non-hydrogen) atoms. The Morgan fingerprint density at radius 3 is 2.31 bits per heavy atom. The second-order valence-electron chi connectivity index (χ2n) is 13.5. The van der Waals surface area contributed by atoms with Gasteiger partial charge in [0.15, 0.2) is 5.78 Å². The quantitative estimate of drug-likeness (QED) is 0.277. The molecule has 4 aromatic rings. The first-order valence-corrected chi connectivity index (χ1v) is 16.7. The maximum atomic E-state index is 13.6. The van der Waals surface area contributed by atoms with Gasteiger partial charge in [-0.05, 0) is 54.3 Å². The number of ether oxygens (including phenoxy) is 2. The van der Waals surface area contributed by atoms with Crippen molar-refractivity contribution in [2.45, 2.75) is 50.6 Å². The molecule has 2 aliphatic heterocycles. The number of pyridine rings is 2. The van der Waals surface area contributed by atoms with E-state index >= 15 is 0 Å². The molecule has 2 aromatic heterocycles. The third-order valence-electron chi connectivity index (χ3n) is 10.3. The fourth-order valence-electron chi connectivity index (χ4n) is 7.49. The minimum Gasteiger partial charge on any atom is -0.496 e. The van der Waals surface area contributed by atoms with Crippen molar-refractivity contribution in [3.8, 4) is 22.6 Å². The van der Waals surface area contributed by atoms with Crippen molar-refractivity contribution in [3.63, 3.8) is 0 Å². The Labute approximate surface area is 285 Å². The first-order valence-electron chi connectivity index (χ1n) is 16.7. The molecule has 1 unspecified atom stereocenters. The van der Waals surface area contributed by atoms with Gasteiger partial charge in [-0.3, -0.25) is 19.2 Å². The molecular weight excluding hydrogens is 622 g/mol. The Morgan fingerprint density at radius 1 is 0.878 bits per heavy atom. The molecule has 3 aliphatic rings. The van der Waals surface area contributed by atoms with E-state index in [0.29, 0.717) is 74.2 Å². The maximum Gasteiger partial charge on any atom is 0.259 e. The lowest BCUT2D eigenvalue weighted by atomic mass is 9.87. The number of fused-ring (bicyclic) bond motifs is 2. The van der Waals surface area contributed by atoms with Crippen LogP contribution in [0.3, 0.4) is 0 Å². The van der Waals surface area contributed by atoms with Gasteiger partial charge in [0, 0.05) is 106 Å². The molecule has 0 N–H and O–H groups in total. The first-order chi connectivity index (χ1) is 23.6. The molecule has 7 rings (SSSR count). The second kappa shape index (κ2) is 12.7. The molecule has 1 amide bonds. The number of methoxy groups -OCH3 is 2. The zero-order chi connectivity index (χ0) is 34.6. The van der Waals surface area contributed by atoms with E-state index in [9.17, 15) is 19.2 Å². The number of ketones is 2. The van der Waals surface area contributed by atoms with Crippen LogP contribution in [0, 0.1) is 0 Å². The van der Waals surface area contributed by atoms with E-state index in [-0.39, 0.29) is 29.0 Å². The van der Waals surface area contributed by atoms with E-state index in [4.69, 9.17) is 9.47 Å². The second-order valence-corrected chi connectivity index (χ2v) is 13.5. The van der Waals surface area contributed by atoms with E-state index in [2.05, 4.69) is 9.88 Å². The van der Waals surface area contributed by atoms with Gasteiger partial charge in [0.1, 0.15) is 23.1 Å². The number of Topliss-reactive ketones (excluding diaryl/α,β-unsaturated/α-hetero) is 2. The third-order valence-corrected chi connectivity index (χ3v) is 10.3. The lowest BCUT2D eigenvalue weighted by molar-refractivity contribution is -0.126. The predicted molar refractivity (Wildman–Crippen MR) is 188 cm³/mol. The Balaban J connectivity index is 1.14. The van der Waals surface area contributed by atoms with Crippen molar-refractivity contribution in [2.75, 3.05) is 51.2 Å². The molecule has 2 fully saturated rings. The van der Waals surface area contributed by atoms with Crippen LogP contribution in [0.1, 0.15) is 59.5 Å². The molecule has 0 bridgehead atoms. The molecule has 4 heterocycles. The van der Waals surface area contributed by atoms with Crippen LogP contribution in [0.15, 0.2) is 53.6 Å². The van der Waals surface area contributed by atoms with Gasteiger partial charge in [-0.15, -0.1) is 0 Å². The largest absolute Gasteiger partial charge is 0.496 e. The average Bonchev–Trinajstić information content (AvgIpc) is 3.39. The van der Waals surface area contributed by atoms with Crippen molar-refractivity contribution < 1.29 is 23.9 Å². The minimum atomic E-state index is -0.547. The van der Waals surface area contributed by atoms with Crippen LogP contribution in [-0.2, 0) is 23.2 Å². The van der Waals surface area contributed by atoms with Crippen LogP contribution < -0.4 is 24.8 Å². The maximum absolute atomic E-state index is 13.6. The standard InChI is InChI=1S/C38H41N5O6/c1-40(2)35-16-28-29(17-39-35)37(46)41(3)21-30(28)23-13-33(48-4)36(34(14-23)49-5)24-18-42(19-24)25-10-9-22-20-43(38(47)27(22)15-25)31-12-11-26(44)7-6-8-32(31)45/h9-10,13-17,21,24,31H,6-8,11-12,18-20H2,1-5H3. The molecular formula is C38H41N5O6. The predicted octanol–water partition coefficient (Wildman–Crippen LogP) is 4.71. The fraction of sp³-hybridized carbons (Fsp3) is 0.395. The Bertz CT molecular complexity index is 2040. The Kier molecular flexibility index (Phi) is 8.38. The molecule has 1 aliphatic carbocycles.